The number of hydrogen-bond donors (Lipinski definition) is 1. The molecule has 1 aliphatic heterocycles. The third-order valence-electron chi connectivity index (χ3n) is 1.70. The van der Waals surface area contributed by atoms with Gasteiger partial charge in [-0.15, -0.1) is 0 Å². The fourth-order valence-corrected chi connectivity index (χ4v) is 1.46. The Kier molecular flexibility index (Phi) is 3.10. The molecule has 0 bridgehead atoms. The second kappa shape index (κ2) is 3.58. The molecule has 0 spiro atoms. The Hall–Kier alpha value is 0.300. The molecule has 1 N–H and O–H groups in total. The first kappa shape index (κ1) is 10.4. The van der Waals surface area contributed by atoms with E-state index in [2.05, 4.69) is 0 Å². The molecule has 1 unspecified atom stereocenters. The van der Waals surface area contributed by atoms with Crippen LogP contribution in [0.1, 0.15) is 12.8 Å². The van der Waals surface area contributed by atoms with E-state index in [1.807, 2.05) is 0 Å². The topological polar surface area (TPSA) is 40.5 Å². The average Bonchev–Trinajstić information content (AvgIpc) is 2.31. The second-order valence-electron chi connectivity index (χ2n) is 2.61. The molecule has 0 radical (unpaired) electrons. The predicted octanol–water partition coefficient (Wildman–Crippen LogP) is 1.30. The van der Waals surface area contributed by atoms with Gasteiger partial charge in [0.05, 0.1) is 0 Å². The first-order chi connectivity index (χ1) is 5.43. The molecule has 1 atom stereocenters. The van der Waals surface area contributed by atoms with Crippen molar-refractivity contribution in [3.8, 4) is 0 Å². The van der Waals surface area contributed by atoms with Gasteiger partial charge in [0.1, 0.15) is 0 Å². The SMILES string of the molecule is O=C1CCCN1C(O)C(Cl)(Cl)Cl. The number of alkyl halides is 3. The summed E-state index contributed by atoms with van der Waals surface area (Å²) < 4.78 is -1.82. The number of amides is 1. The zero-order valence-corrected chi connectivity index (χ0v) is 8.40. The summed E-state index contributed by atoms with van der Waals surface area (Å²) in [6.07, 6.45) is -0.216. The summed E-state index contributed by atoms with van der Waals surface area (Å²) in [5.74, 6) is -0.172. The zero-order chi connectivity index (χ0) is 9.35. The quantitative estimate of drug-likeness (QED) is 0.692. The van der Waals surface area contributed by atoms with Gasteiger partial charge in [-0.3, -0.25) is 4.79 Å². The Labute approximate surface area is 85.2 Å². The summed E-state index contributed by atoms with van der Waals surface area (Å²) in [5, 5.41) is 9.37. The highest BCUT2D eigenvalue weighted by Gasteiger charge is 2.39. The molecule has 1 saturated heterocycles. The lowest BCUT2D eigenvalue weighted by atomic mass is 10.4. The maximum absolute atomic E-state index is 11.1. The van der Waals surface area contributed by atoms with E-state index >= 15 is 0 Å². The maximum atomic E-state index is 11.1. The van der Waals surface area contributed by atoms with E-state index in [4.69, 9.17) is 34.8 Å². The highest BCUT2D eigenvalue weighted by molar-refractivity contribution is 6.68. The Balaban J connectivity index is 2.63. The molecule has 1 heterocycles. The third kappa shape index (κ3) is 2.16. The van der Waals surface area contributed by atoms with Gasteiger partial charge in [0.25, 0.3) is 0 Å². The minimum Gasteiger partial charge on any atom is -0.369 e. The van der Waals surface area contributed by atoms with Crippen LogP contribution in [0.4, 0.5) is 0 Å². The van der Waals surface area contributed by atoms with Crippen LogP contribution in [0, 0.1) is 0 Å². The lowest BCUT2D eigenvalue weighted by Crippen LogP contribution is -2.44. The van der Waals surface area contributed by atoms with Crippen molar-refractivity contribution < 1.29 is 9.90 Å². The third-order valence-corrected chi connectivity index (χ3v) is 2.28. The van der Waals surface area contributed by atoms with E-state index in [0.29, 0.717) is 19.4 Å². The minimum atomic E-state index is -1.82. The van der Waals surface area contributed by atoms with Gasteiger partial charge in [0.15, 0.2) is 6.23 Å². The largest absolute Gasteiger partial charge is 0.369 e. The molecule has 1 fully saturated rings. The van der Waals surface area contributed by atoms with Crippen molar-refractivity contribution in [2.75, 3.05) is 6.54 Å². The van der Waals surface area contributed by atoms with Gasteiger partial charge >= 0.3 is 0 Å². The molecule has 70 valence electrons. The van der Waals surface area contributed by atoms with Crippen molar-refractivity contribution in [2.45, 2.75) is 22.9 Å². The van der Waals surface area contributed by atoms with Gasteiger partial charge < -0.3 is 10.0 Å². The number of aliphatic hydroxyl groups excluding tert-OH is 1. The van der Waals surface area contributed by atoms with Crippen molar-refractivity contribution >= 4 is 40.7 Å². The lowest BCUT2D eigenvalue weighted by molar-refractivity contribution is -0.136. The Bertz CT molecular complexity index is 192. The summed E-state index contributed by atoms with van der Waals surface area (Å²) in [7, 11) is 0. The van der Waals surface area contributed by atoms with E-state index < -0.39 is 10.0 Å². The van der Waals surface area contributed by atoms with Crippen LogP contribution in [0.2, 0.25) is 0 Å². The Morgan fingerprint density at radius 2 is 2.08 bits per heavy atom. The van der Waals surface area contributed by atoms with Crippen LogP contribution < -0.4 is 0 Å². The summed E-state index contributed by atoms with van der Waals surface area (Å²) in [4.78, 5) is 12.2. The molecule has 1 amide bonds. The molecule has 0 aliphatic carbocycles. The van der Waals surface area contributed by atoms with E-state index in [1.165, 1.54) is 4.90 Å². The zero-order valence-electron chi connectivity index (χ0n) is 6.14. The number of carbonyl (C=O) groups is 1. The Morgan fingerprint density at radius 3 is 2.42 bits per heavy atom. The Morgan fingerprint density at radius 1 is 1.50 bits per heavy atom. The fraction of sp³-hybridized carbons (Fsp3) is 0.833. The van der Waals surface area contributed by atoms with Crippen LogP contribution in [0.5, 0.6) is 0 Å². The summed E-state index contributed by atoms with van der Waals surface area (Å²) in [5.41, 5.74) is 0. The average molecular weight is 232 g/mol. The van der Waals surface area contributed by atoms with Gasteiger partial charge in [-0.1, -0.05) is 34.8 Å². The molecule has 6 heteroatoms. The van der Waals surface area contributed by atoms with Gasteiger partial charge in [0.2, 0.25) is 9.70 Å². The number of hydrogen-bond acceptors (Lipinski definition) is 2. The molecule has 0 aromatic heterocycles. The number of likely N-dealkylation sites (tertiary alicyclic amines) is 1. The minimum absolute atomic E-state index is 0.172. The molecule has 0 aromatic carbocycles. The first-order valence-electron chi connectivity index (χ1n) is 3.47. The van der Waals surface area contributed by atoms with Crippen LogP contribution >= 0.6 is 34.8 Å². The number of rotatable bonds is 1. The molecular formula is C6H8Cl3NO2. The van der Waals surface area contributed by atoms with Gasteiger partial charge in [-0.2, -0.15) is 0 Å². The summed E-state index contributed by atoms with van der Waals surface area (Å²) in [6, 6.07) is 0. The van der Waals surface area contributed by atoms with E-state index in [9.17, 15) is 9.90 Å². The number of nitrogens with zero attached hydrogens (tertiary/aromatic N) is 1. The van der Waals surface area contributed by atoms with Crippen molar-refractivity contribution in [1.29, 1.82) is 0 Å². The smallest absolute Gasteiger partial charge is 0.234 e. The van der Waals surface area contributed by atoms with Crippen molar-refractivity contribution in [3.05, 3.63) is 0 Å². The molecular weight excluding hydrogens is 224 g/mol. The van der Waals surface area contributed by atoms with Crippen LogP contribution in [-0.2, 0) is 4.79 Å². The fourth-order valence-electron chi connectivity index (χ4n) is 1.10. The van der Waals surface area contributed by atoms with E-state index in [0.717, 1.165) is 0 Å². The highest BCUT2D eigenvalue weighted by Crippen LogP contribution is 2.33. The summed E-state index contributed by atoms with van der Waals surface area (Å²) in [6.45, 7) is 0.452. The van der Waals surface area contributed by atoms with Crippen LogP contribution in [0.15, 0.2) is 0 Å². The van der Waals surface area contributed by atoms with Gasteiger partial charge in [-0.25, -0.2) is 0 Å². The molecule has 3 nitrogen and oxygen atoms in total. The summed E-state index contributed by atoms with van der Waals surface area (Å²) >= 11 is 16.2. The van der Waals surface area contributed by atoms with Crippen molar-refractivity contribution in [3.63, 3.8) is 0 Å². The second-order valence-corrected chi connectivity index (χ2v) is 4.97. The first-order valence-corrected chi connectivity index (χ1v) is 4.60. The predicted molar refractivity (Wildman–Crippen MR) is 47.2 cm³/mol. The normalized spacial score (nSPS) is 21.7. The molecule has 12 heavy (non-hydrogen) atoms. The number of halogens is 3. The number of carbonyl (C=O) groups excluding carboxylic acids is 1. The van der Waals surface area contributed by atoms with Gasteiger partial charge in [-0.05, 0) is 6.42 Å². The van der Waals surface area contributed by atoms with Crippen molar-refractivity contribution in [1.82, 2.24) is 4.90 Å². The molecule has 1 aliphatic rings. The van der Waals surface area contributed by atoms with Gasteiger partial charge in [0, 0.05) is 13.0 Å². The van der Waals surface area contributed by atoms with E-state index in [-0.39, 0.29) is 5.91 Å². The van der Waals surface area contributed by atoms with Crippen LogP contribution in [0.3, 0.4) is 0 Å². The molecule has 0 saturated carbocycles. The maximum Gasteiger partial charge on any atom is 0.234 e. The monoisotopic (exact) mass is 231 g/mol. The molecule has 1 rings (SSSR count). The van der Waals surface area contributed by atoms with E-state index in [1.54, 1.807) is 0 Å². The standard InChI is InChI=1S/C6H8Cl3NO2/c7-6(8,9)5(12)10-3-1-2-4(10)11/h5,12H,1-3H2. The number of aliphatic hydroxyl groups is 1. The molecule has 0 aromatic rings. The lowest BCUT2D eigenvalue weighted by Gasteiger charge is -2.27. The highest BCUT2D eigenvalue weighted by atomic mass is 35.6. The van der Waals surface area contributed by atoms with Crippen LogP contribution in [0.25, 0.3) is 0 Å². The van der Waals surface area contributed by atoms with Crippen LogP contribution in [-0.4, -0.2) is 32.5 Å². The van der Waals surface area contributed by atoms with Crippen molar-refractivity contribution in [2.24, 2.45) is 0 Å².